The lowest BCUT2D eigenvalue weighted by atomic mass is 9.90. The largest absolute Gasteiger partial charge is 0.469 e. The summed E-state index contributed by atoms with van der Waals surface area (Å²) in [6.07, 6.45) is 2.51. The maximum absolute atomic E-state index is 11.9. The van der Waals surface area contributed by atoms with E-state index in [1.807, 2.05) is 24.3 Å². The summed E-state index contributed by atoms with van der Waals surface area (Å²) in [5.41, 5.74) is 2.03. The molecule has 0 bridgehead atoms. The Labute approximate surface area is 148 Å². The zero-order valence-corrected chi connectivity index (χ0v) is 14.8. The van der Waals surface area contributed by atoms with Gasteiger partial charge in [-0.3, -0.25) is 14.6 Å². The van der Waals surface area contributed by atoms with Crippen LogP contribution in [0.1, 0.15) is 37.2 Å². The Balaban J connectivity index is 1.77. The third-order valence-corrected chi connectivity index (χ3v) is 4.17. The monoisotopic (exact) mass is 346 g/mol. The number of hydrogen-bond acceptors (Lipinski definition) is 4. The first-order chi connectivity index (χ1) is 12.1. The predicted octanol–water partition coefficient (Wildman–Crippen LogP) is 1.62. The van der Waals surface area contributed by atoms with E-state index in [4.69, 9.17) is 0 Å². The minimum Gasteiger partial charge on any atom is -0.469 e. The van der Waals surface area contributed by atoms with Crippen LogP contribution in [0, 0.1) is 0 Å². The number of methoxy groups -OCH3 is 1. The third kappa shape index (κ3) is 5.77. The van der Waals surface area contributed by atoms with Gasteiger partial charge >= 0.3 is 5.97 Å². The summed E-state index contributed by atoms with van der Waals surface area (Å²) in [5, 5.41) is 9.40. The van der Waals surface area contributed by atoms with Gasteiger partial charge in [0.25, 0.3) is 0 Å². The third-order valence-electron chi connectivity index (χ3n) is 4.17. The van der Waals surface area contributed by atoms with Gasteiger partial charge in [0, 0.05) is 44.6 Å². The predicted molar refractivity (Wildman–Crippen MR) is 97.7 cm³/mol. The second-order valence-electron chi connectivity index (χ2n) is 5.95. The van der Waals surface area contributed by atoms with Gasteiger partial charge in [-0.05, 0) is 24.5 Å². The average Bonchev–Trinajstić information content (AvgIpc) is 2.63. The fourth-order valence-electron chi connectivity index (χ4n) is 2.83. The average molecular weight is 346 g/mol. The quantitative estimate of drug-likeness (QED) is 0.302. The van der Waals surface area contributed by atoms with Crippen molar-refractivity contribution in [3.8, 4) is 0 Å². The molecule has 25 heavy (non-hydrogen) atoms. The highest BCUT2D eigenvalue weighted by molar-refractivity contribution is 5.94. The summed E-state index contributed by atoms with van der Waals surface area (Å²) in [5.74, 6) is 0.664. The van der Waals surface area contributed by atoms with Crippen LogP contribution in [-0.2, 0) is 14.3 Å². The number of rotatable bonds is 7. The van der Waals surface area contributed by atoms with Crippen LogP contribution in [0.3, 0.4) is 0 Å². The molecular weight excluding hydrogens is 320 g/mol. The Morgan fingerprint density at radius 2 is 2.12 bits per heavy atom. The van der Waals surface area contributed by atoms with E-state index < -0.39 is 0 Å². The number of hydrogen-bond donors (Lipinski definition) is 3. The molecule has 1 aliphatic rings. The molecule has 0 fully saturated rings. The molecule has 0 aromatic heterocycles. The number of guanidine groups is 1. The molecule has 0 radical (unpaired) electrons. The van der Waals surface area contributed by atoms with Crippen LogP contribution >= 0.6 is 0 Å². The molecular formula is C18H26N4O3. The normalized spacial score (nSPS) is 16.6. The van der Waals surface area contributed by atoms with E-state index in [2.05, 4.69) is 25.7 Å². The Morgan fingerprint density at radius 1 is 1.32 bits per heavy atom. The number of para-hydroxylation sites is 1. The Bertz CT molecular complexity index is 631. The van der Waals surface area contributed by atoms with Crippen molar-refractivity contribution in [1.82, 2.24) is 10.6 Å². The maximum Gasteiger partial charge on any atom is 0.305 e. The molecule has 0 saturated heterocycles. The second kappa shape index (κ2) is 9.66. The lowest BCUT2D eigenvalue weighted by Gasteiger charge is -2.26. The summed E-state index contributed by atoms with van der Waals surface area (Å²) >= 11 is 0. The van der Waals surface area contributed by atoms with E-state index in [0.717, 1.165) is 30.6 Å². The number of carbonyl (C=O) groups excluding carboxylic acids is 2. The molecule has 0 spiro atoms. The van der Waals surface area contributed by atoms with E-state index in [-0.39, 0.29) is 17.8 Å². The van der Waals surface area contributed by atoms with E-state index in [9.17, 15) is 9.59 Å². The number of ether oxygens (including phenoxy) is 1. The summed E-state index contributed by atoms with van der Waals surface area (Å²) in [6.45, 7) is 1.35. The summed E-state index contributed by atoms with van der Waals surface area (Å²) < 4.78 is 4.61. The number of carbonyl (C=O) groups is 2. The van der Waals surface area contributed by atoms with E-state index in [0.29, 0.717) is 25.3 Å². The first-order valence-electron chi connectivity index (χ1n) is 8.54. The zero-order valence-electron chi connectivity index (χ0n) is 14.8. The van der Waals surface area contributed by atoms with Crippen molar-refractivity contribution in [2.45, 2.75) is 31.6 Å². The lowest BCUT2D eigenvalue weighted by Crippen LogP contribution is -2.41. The highest BCUT2D eigenvalue weighted by atomic mass is 16.5. The van der Waals surface area contributed by atoms with Crippen LogP contribution in [-0.4, -0.2) is 45.1 Å². The Hall–Kier alpha value is -2.57. The first-order valence-corrected chi connectivity index (χ1v) is 8.54. The molecule has 136 valence electrons. The standard InChI is InChI=1S/C18H26N4O3/c1-19-18(20-10-6-5-9-17(24)25-2)21-12-13-11-16(23)22-15-8-4-3-7-14(13)15/h3-4,7-8,13H,5-6,9-12H2,1-2H3,(H,22,23)(H2,19,20,21). The SMILES string of the molecule is CN=C(NCCCCC(=O)OC)NCC1CC(=O)Nc2ccccc21. The van der Waals surface area contributed by atoms with Crippen molar-refractivity contribution in [3.63, 3.8) is 0 Å². The molecule has 1 amide bonds. The topological polar surface area (TPSA) is 91.8 Å². The highest BCUT2D eigenvalue weighted by Gasteiger charge is 2.24. The fraction of sp³-hybridized carbons (Fsp3) is 0.500. The summed E-state index contributed by atoms with van der Waals surface area (Å²) in [6, 6.07) is 7.87. The number of amides is 1. The van der Waals surface area contributed by atoms with Crippen molar-refractivity contribution in [2.24, 2.45) is 4.99 Å². The first kappa shape index (κ1) is 18.8. The number of fused-ring (bicyclic) bond motifs is 1. The van der Waals surface area contributed by atoms with Gasteiger partial charge in [0.15, 0.2) is 5.96 Å². The summed E-state index contributed by atoms with van der Waals surface area (Å²) in [4.78, 5) is 27.1. The Morgan fingerprint density at radius 3 is 2.88 bits per heavy atom. The van der Waals surface area contributed by atoms with Gasteiger partial charge < -0.3 is 20.7 Å². The molecule has 1 aromatic rings. The molecule has 7 nitrogen and oxygen atoms in total. The van der Waals surface area contributed by atoms with Crippen LogP contribution in [0.5, 0.6) is 0 Å². The number of unbranched alkanes of at least 4 members (excludes halogenated alkanes) is 1. The molecule has 1 heterocycles. The molecule has 3 N–H and O–H groups in total. The summed E-state index contributed by atoms with van der Waals surface area (Å²) in [7, 11) is 3.11. The molecule has 1 unspecified atom stereocenters. The van der Waals surface area contributed by atoms with Gasteiger partial charge in [-0.25, -0.2) is 0 Å². The molecule has 0 saturated carbocycles. The van der Waals surface area contributed by atoms with E-state index in [1.165, 1.54) is 7.11 Å². The second-order valence-corrected chi connectivity index (χ2v) is 5.95. The minimum atomic E-state index is -0.184. The van der Waals surface area contributed by atoms with E-state index >= 15 is 0 Å². The number of nitrogens with zero attached hydrogens (tertiary/aromatic N) is 1. The van der Waals surface area contributed by atoms with Gasteiger partial charge in [0.05, 0.1) is 7.11 Å². The van der Waals surface area contributed by atoms with Gasteiger partial charge in [-0.2, -0.15) is 0 Å². The molecule has 1 atom stereocenters. The van der Waals surface area contributed by atoms with Crippen molar-refractivity contribution >= 4 is 23.5 Å². The number of benzene rings is 1. The molecule has 1 aromatic carbocycles. The Kier molecular flexibility index (Phi) is 7.25. The van der Waals surface area contributed by atoms with Crippen LogP contribution in [0.2, 0.25) is 0 Å². The van der Waals surface area contributed by atoms with Crippen LogP contribution in [0.25, 0.3) is 0 Å². The number of esters is 1. The van der Waals surface area contributed by atoms with E-state index in [1.54, 1.807) is 7.05 Å². The van der Waals surface area contributed by atoms with Gasteiger partial charge in [-0.1, -0.05) is 18.2 Å². The number of nitrogens with one attached hydrogen (secondary N) is 3. The number of aliphatic imine (C=N–C) groups is 1. The molecule has 7 heteroatoms. The number of anilines is 1. The maximum atomic E-state index is 11.9. The zero-order chi connectivity index (χ0) is 18.1. The van der Waals surface area contributed by atoms with Crippen LogP contribution < -0.4 is 16.0 Å². The van der Waals surface area contributed by atoms with Crippen molar-refractivity contribution < 1.29 is 14.3 Å². The van der Waals surface area contributed by atoms with Crippen LogP contribution in [0.4, 0.5) is 5.69 Å². The van der Waals surface area contributed by atoms with Gasteiger partial charge in [0.2, 0.25) is 5.91 Å². The van der Waals surface area contributed by atoms with Gasteiger partial charge in [0.1, 0.15) is 0 Å². The van der Waals surface area contributed by atoms with Crippen LogP contribution in [0.15, 0.2) is 29.3 Å². The fourth-order valence-corrected chi connectivity index (χ4v) is 2.83. The van der Waals surface area contributed by atoms with Gasteiger partial charge in [-0.15, -0.1) is 0 Å². The molecule has 0 aliphatic carbocycles. The van der Waals surface area contributed by atoms with Crippen molar-refractivity contribution in [3.05, 3.63) is 29.8 Å². The smallest absolute Gasteiger partial charge is 0.305 e. The lowest BCUT2D eigenvalue weighted by molar-refractivity contribution is -0.140. The van der Waals surface area contributed by atoms with Crippen molar-refractivity contribution in [1.29, 1.82) is 0 Å². The molecule has 1 aliphatic heterocycles. The highest BCUT2D eigenvalue weighted by Crippen LogP contribution is 2.31. The van der Waals surface area contributed by atoms with Crippen molar-refractivity contribution in [2.75, 3.05) is 32.6 Å². The molecule has 2 rings (SSSR count). The minimum absolute atomic E-state index is 0.0382.